The minimum atomic E-state index is -0.308. The van der Waals surface area contributed by atoms with Crippen molar-refractivity contribution in [2.24, 2.45) is 5.92 Å². The highest BCUT2D eigenvalue weighted by Gasteiger charge is 2.13. The first-order valence-corrected chi connectivity index (χ1v) is 5.12. The van der Waals surface area contributed by atoms with Crippen LogP contribution in [0.15, 0.2) is 18.2 Å². The zero-order valence-electron chi connectivity index (χ0n) is 9.71. The van der Waals surface area contributed by atoms with Crippen LogP contribution in [0.25, 0.3) is 0 Å². The number of carbonyl (C=O) groups is 1. The highest BCUT2D eigenvalue weighted by molar-refractivity contribution is 5.72. The SMILES string of the molecule is COC(=O)C(C)CNc1ccc(C)cc1F. The molecule has 1 atom stereocenters. The van der Waals surface area contributed by atoms with E-state index < -0.39 is 0 Å². The fourth-order valence-electron chi connectivity index (χ4n) is 1.31. The standard InChI is InChI=1S/C12H16FNO2/c1-8-4-5-11(10(13)6-8)14-7-9(2)12(15)16-3/h4-6,9,14H,7H2,1-3H3. The molecule has 0 fully saturated rings. The van der Waals surface area contributed by atoms with E-state index in [-0.39, 0.29) is 17.7 Å². The molecule has 1 unspecified atom stereocenters. The van der Waals surface area contributed by atoms with Crippen LogP contribution >= 0.6 is 0 Å². The number of hydrogen-bond acceptors (Lipinski definition) is 3. The lowest BCUT2D eigenvalue weighted by Gasteiger charge is -2.12. The van der Waals surface area contributed by atoms with Gasteiger partial charge in [-0.15, -0.1) is 0 Å². The van der Waals surface area contributed by atoms with Crippen LogP contribution in [0.4, 0.5) is 10.1 Å². The summed E-state index contributed by atoms with van der Waals surface area (Å²) in [4.78, 5) is 11.1. The van der Waals surface area contributed by atoms with Gasteiger partial charge in [-0.25, -0.2) is 4.39 Å². The number of carbonyl (C=O) groups excluding carboxylic acids is 1. The van der Waals surface area contributed by atoms with Crippen molar-refractivity contribution in [3.05, 3.63) is 29.6 Å². The minimum Gasteiger partial charge on any atom is -0.469 e. The number of esters is 1. The van der Waals surface area contributed by atoms with E-state index in [1.54, 1.807) is 13.0 Å². The van der Waals surface area contributed by atoms with E-state index in [0.29, 0.717) is 12.2 Å². The van der Waals surface area contributed by atoms with E-state index in [9.17, 15) is 9.18 Å². The molecule has 0 aliphatic carbocycles. The van der Waals surface area contributed by atoms with E-state index in [4.69, 9.17) is 0 Å². The van der Waals surface area contributed by atoms with Gasteiger partial charge in [0.15, 0.2) is 0 Å². The molecule has 0 amide bonds. The second kappa shape index (κ2) is 5.49. The summed E-state index contributed by atoms with van der Waals surface area (Å²) in [5, 5.41) is 2.88. The molecule has 4 heteroatoms. The normalized spacial score (nSPS) is 12.0. The third-order valence-corrected chi connectivity index (χ3v) is 2.33. The summed E-state index contributed by atoms with van der Waals surface area (Å²) in [7, 11) is 1.34. The van der Waals surface area contributed by atoms with Crippen molar-refractivity contribution >= 4 is 11.7 Å². The molecule has 1 rings (SSSR count). The maximum atomic E-state index is 13.4. The lowest BCUT2D eigenvalue weighted by molar-refractivity contribution is -0.144. The Kier molecular flexibility index (Phi) is 4.28. The minimum absolute atomic E-state index is 0.300. The van der Waals surface area contributed by atoms with Gasteiger partial charge in [0.1, 0.15) is 5.82 Å². The summed E-state index contributed by atoms with van der Waals surface area (Å²) >= 11 is 0. The van der Waals surface area contributed by atoms with Crippen LogP contribution in [0, 0.1) is 18.7 Å². The smallest absolute Gasteiger partial charge is 0.310 e. The average Bonchev–Trinajstić information content (AvgIpc) is 2.26. The predicted molar refractivity (Wildman–Crippen MR) is 60.8 cm³/mol. The molecule has 3 nitrogen and oxygen atoms in total. The van der Waals surface area contributed by atoms with Crippen LogP contribution in [0.3, 0.4) is 0 Å². The topological polar surface area (TPSA) is 38.3 Å². The molecule has 0 heterocycles. The first-order chi connectivity index (χ1) is 7.54. The summed E-state index contributed by atoms with van der Waals surface area (Å²) < 4.78 is 18.0. The molecule has 0 aromatic heterocycles. The number of rotatable bonds is 4. The van der Waals surface area contributed by atoms with Crippen LogP contribution in [-0.4, -0.2) is 19.6 Å². The first kappa shape index (κ1) is 12.5. The third-order valence-electron chi connectivity index (χ3n) is 2.33. The number of methoxy groups -OCH3 is 1. The van der Waals surface area contributed by atoms with E-state index in [1.807, 2.05) is 13.0 Å². The lowest BCUT2D eigenvalue weighted by Crippen LogP contribution is -2.21. The summed E-state index contributed by atoms with van der Waals surface area (Å²) in [6, 6.07) is 4.92. The molecular weight excluding hydrogens is 209 g/mol. The number of anilines is 1. The van der Waals surface area contributed by atoms with Gasteiger partial charge in [-0.3, -0.25) is 4.79 Å². The molecular formula is C12H16FNO2. The Labute approximate surface area is 94.6 Å². The molecule has 88 valence electrons. The molecule has 0 saturated heterocycles. The Morgan fingerprint density at radius 2 is 2.25 bits per heavy atom. The highest BCUT2D eigenvalue weighted by atomic mass is 19.1. The second-order valence-corrected chi connectivity index (χ2v) is 3.79. The highest BCUT2D eigenvalue weighted by Crippen LogP contribution is 2.15. The lowest BCUT2D eigenvalue weighted by atomic mass is 10.1. The molecule has 16 heavy (non-hydrogen) atoms. The van der Waals surface area contributed by atoms with Gasteiger partial charge in [0.2, 0.25) is 0 Å². The van der Waals surface area contributed by atoms with Crippen molar-refractivity contribution in [2.75, 3.05) is 19.0 Å². The molecule has 0 radical (unpaired) electrons. The van der Waals surface area contributed by atoms with Crippen molar-refractivity contribution in [1.82, 2.24) is 0 Å². The average molecular weight is 225 g/mol. The van der Waals surface area contributed by atoms with Crippen molar-refractivity contribution in [3.63, 3.8) is 0 Å². The van der Waals surface area contributed by atoms with Crippen LogP contribution < -0.4 is 5.32 Å². The zero-order chi connectivity index (χ0) is 12.1. The molecule has 0 saturated carbocycles. The summed E-state index contributed by atoms with van der Waals surface area (Å²) in [5.41, 5.74) is 1.27. The Balaban J connectivity index is 2.58. The molecule has 0 aliphatic rings. The van der Waals surface area contributed by atoms with Crippen LogP contribution in [0.5, 0.6) is 0 Å². The quantitative estimate of drug-likeness (QED) is 0.799. The number of ether oxygens (including phenoxy) is 1. The third kappa shape index (κ3) is 3.22. The van der Waals surface area contributed by atoms with Crippen molar-refractivity contribution in [2.45, 2.75) is 13.8 Å². The van der Waals surface area contributed by atoms with E-state index >= 15 is 0 Å². The predicted octanol–water partition coefficient (Wildman–Crippen LogP) is 2.36. The molecule has 1 N–H and O–H groups in total. The second-order valence-electron chi connectivity index (χ2n) is 3.79. The number of hydrogen-bond donors (Lipinski definition) is 1. The number of nitrogens with one attached hydrogen (secondary N) is 1. The van der Waals surface area contributed by atoms with Gasteiger partial charge in [0.05, 0.1) is 18.7 Å². The van der Waals surface area contributed by atoms with Gasteiger partial charge >= 0.3 is 5.97 Å². The molecule has 0 aliphatic heterocycles. The van der Waals surface area contributed by atoms with Crippen molar-refractivity contribution in [1.29, 1.82) is 0 Å². The van der Waals surface area contributed by atoms with Crippen molar-refractivity contribution in [3.8, 4) is 0 Å². The fraction of sp³-hybridized carbons (Fsp3) is 0.417. The van der Waals surface area contributed by atoms with E-state index in [1.165, 1.54) is 13.2 Å². The Bertz CT molecular complexity index is 379. The van der Waals surface area contributed by atoms with E-state index in [0.717, 1.165) is 5.56 Å². The fourth-order valence-corrected chi connectivity index (χ4v) is 1.31. The Morgan fingerprint density at radius 3 is 2.81 bits per heavy atom. The van der Waals surface area contributed by atoms with E-state index in [2.05, 4.69) is 10.1 Å². The van der Waals surface area contributed by atoms with Crippen molar-refractivity contribution < 1.29 is 13.9 Å². The maximum absolute atomic E-state index is 13.4. The zero-order valence-corrected chi connectivity index (χ0v) is 9.71. The molecule has 1 aromatic rings. The van der Waals surface area contributed by atoms with Crippen LogP contribution in [0.2, 0.25) is 0 Å². The monoisotopic (exact) mass is 225 g/mol. The molecule has 1 aromatic carbocycles. The number of aryl methyl sites for hydroxylation is 1. The van der Waals surface area contributed by atoms with Crippen LogP contribution in [-0.2, 0) is 9.53 Å². The summed E-state index contributed by atoms with van der Waals surface area (Å²) in [6.45, 7) is 3.90. The summed E-state index contributed by atoms with van der Waals surface area (Å²) in [5.74, 6) is -0.914. The summed E-state index contributed by atoms with van der Waals surface area (Å²) in [6.07, 6.45) is 0. The Hall–Kier alpha value is -1.58. The van der Waals surface area contributed by atoms with Gasteiger partial charge < -0.3 is 10.1 Å². The van der Waals surface area contributed by atoms with Gasteiger partial charge in [-0.05, 0) is 24.6 Å². The van der Waals surface area contributed by atoms with Gasteiger partial charge in [-0.2, -0.15) is 0 Å². The maximum Gasteiger partial charge on any atom is 0.310 e. The Morgan fingerprint density at radius 1 is 1.56 bits per heavy atom. The number of halogens is 1. The van der Waals surface area contributed by atoms with Gasteiger partial charge in [-0.1, -0.05) is 13.0 Å². The van der Waals surface area contributed by atoms with Gasteiger partial charge in [0.25, 0.3) is 0 Å². The van der Waals surface area contributed by atoms with Gasteiger partial charge in [0, 0.05) is 6.54 Å². The largest absolute Gasteiger partial charge is 0.469 e. The molecule has 0 spiro atoms. The first-order valence-electron chi connectivity index (χ1n) is 5.12. The van der Waals surface area contributed by atoms with Crippen LogP contribution in [0.1, 0.15) is 12.5 Å². The molecule has 0 bridgehead atoms. The number of benzene rings is 1.